The van der Waals surface area contributed by atoms with E-state index in [1.54, 1.807) is 6.20 Å². The predicted octanol–water partition coefficient (Wildman–Crippen LogP) is 4.94. The first-order valence-electron chi connectivity index (χ1n) is 12.9. The van der Waals surface area contributed by atoms with Crippen molar-refractivity contribution in [2.24, 2.45) is 0 Å². The molecule has 1 aromatic carbocycles. The van der Waals surface area contributed by atoms with Crippen LogP contribution in [0.5, 0.6) is 0 Å². The second kappa shape index (κ2) is 10.3. The molecule has 0 aliphatic heterocycles. The van der Waals surface area contributed by atoms with Gasteiger partial charge in [0.05, 0.1) is 29.3 Å². The van der Waals surface area contributed by atoms with E-state index in [9.17, 15) is 0 Å². The first-order chi connectivity index (χ1) is 18.6. The molecule has 4 aromatic heterocycles. The summed E-state index contributed by atoms with van der Waals surface area (Å²) >= 11 is 0. The van der Waals surface area contributed by atoms with Crippen LogP contribution in [0.4, 0.5) is 17.5 Å². The highest BCUT2D eigenvalue weighted by Crippen LogP contribution is 2.33. The van der Waals surface area contributed by atoms with Gasteiger partial charge in [-0.05, 0) is 38.0 Å². The molecule has 0 fully saturated rings. The highest BCUT2D eigenvalue weighted by atomic mass is 15.3. The Balaban J connectivity index is 1.44. The Morgan fingerprint density at radius 2 is 1.46 bits per heavy atom. The molecule has 0 radical (unpaired) electrons. The Hall–Kier alpha value is -4.53. The van der Waals surface area contributed by atoms with E-state index in [2.05, 4.69) is 70.2 Å². The van der Waals surface area contributed by atoms with Gasteiger partial charge in [-0.2, -0.15) is 9.61 Å². The SMILES string of the molecule is Cc1cc(N(C)Cc2ccc(-c3cnc(N(C)C)cn3)cc2)n2nc(C)c(-c3cnc(N(C)C)cc3C)c2n1. The van der Waals surface area contributed by atoms with Crippen LogP contribution in [0.15, 0.2) is 55.0 Å². The van der Waals surface area contributed by atoms with Gasteiger partial charge in [-0.15, -0.1) is 0 Å². The van der Waals surface area contributed by atoms with Crippen molar-refractivity contribution >= 4 is 23.1 Å². The third-order valence-corrected chi connectivity index (χ3v) is 6.85. The van der Waals surface area contributed by atoms with Crippen molar-refractivity contribution < 1.29 is 0 Å². The smallest absolute Gasteiger partial charge is 0.165 e. The number of pyridine rings is 1. The summed E-state index contributed by atoms with van der Waals surface area (Å²) in [5.74, 6) is 2.75. The molecule has 5 rings (SSSR count). The van der Waals surface area contributed by atoms with Crippen molar-refractivity contribution in [3.05, 3.63) is 77.5 Å². The van der Waals surface area contributed by atoms with E-state index in [4.69, 9.17) is 10.1 Å². The van der Waals surface area contributed by atoms with E-state index in [0.29, 0.717) is 0 Å². The van der Waals surface area contributed by atoms with Gasteiger partial charge in [0.2, 0.25) is 0 Å². The van der Waals surface area contributed by atoms with Crippen molar-refractivity contribution in [1.29, 1.82) is 0 Å². The topological polar surface area (TPSA) is 78.6 Å². The van der Waals surface area contributed by atoms with Crippen molar-refractivity contribution in [3.63, 3.8) is 0 Å². The molecule has 0 bridgehead atoms. The lowest BCUT2D eigenvalue weighted by molar-refractivity contribution is 0.821. The monoisotopic (exact) mass is 521 g/mol. The molecule has 0 aliphatic carbocycles. The van der Waals surface area contributed by atoms with E-state index in [-0.39, 0.29) is 0 Å². The molecule has 0 saturated heterocycles. The lowest BCUT2D eigenvalue weighted by atomic mass is 10.0. The van der Waals surface area contributed by atoms with Gasteiger partial charge in [0, 0.05) is 70.9 Å². The molecular weight excluding hydrogens is 486 g/mol. The number of hydrogen-bond acceptors (Lipinski definition) is 8. The second-order valence-electron chi connectivity index (χ2n) is 10.4. The largest absolute Gasteiger partial charge is 0.363 e. The number of anilines is 3. The highest BCUT2D eigenvalue weighted by molar-refractivity contribution is 5.83. The number of rotatable bonds is 7. The zero-order valence-corrected chi connectivity index (χ0v) is 23.9. The molecular formula is C30H35N9. The standard InChI is InChI=1S/C30H35N9/c1-19-13-26(36(4)5)32-15-24(19)29-21(3)35-39-28(14-20(2)34-30(29)39)38(8)18-22-9-11-23(12-10-22)25-16-33-27(17-31-25)37(6)7/h9-17H,18H2,1-8H3. The van der Waals surface area contributed by atoms with Crippen LogP contribution in [0.2, 0.25) is 0 Å². The molecule has 0 amide bonds. The lowest BCUT2D eigenvalue weighted by Gasteiger charge is -2.21. The van der Waals surface area contributed by atoms with Gasteiger partial charge in [-0.3, -0.25) is 4.98 Å². The van der Waals surface area contributed by atoms with E-state index in [1.807, 2.05) is 68.7 Å². The minimum absolute atomic E-state index is 0.719. The zero-order valence-electron chi connectivity index (χ0n) is 23.9. The van der Waals surface area contributed by atoms with E-state index >= 15 is 0 Å². The maximum Gasteiger partial charge on any atom is 0.165 e. The van der Waals surface area contributed by atoms with Crippen LogP contribution in [-0.4, -0.2) is 64.8 Å². The van der Waals surface area contributed by atoms with Crippen LogP contribution in [-0.2, 0) is 6.54 Å². The van der Waals surface area contributed by atoms with Crippen LogP contribution in [0.1, 0.15) is 22.5 Å². The molecule has 39 heavy (non-hydrogen) atoms. The maximum absolute atomic E-state index is 4.92. The molecule has 0 unspecified atom stereocenters. The number of benzene rings is 1. The average Bonchev–Trinajstić information content (AvgIpc) is 3.23. The summed E-state index contributed by atoms with van der Waals surface area (Å²) in [6, 6.07) is 12.7. The molecule has 0 spiro atoms. The molecule has 0 aliphatic rings. The van der Waals surface area contributed by atoms with Crippen molar-refractivity contribution in [2.45, 2.75) is 27.3 Å². The second-order valence-corrected chi connectivity index (χ2v) is 10.4. The fourth-order valence-electron chi connectivity index (χ4n) is 4.70. The third-order valence-electron chi connectivity index (χ3n) is 6.85. The fourth-order valence-corrected chi connectivity index (χ4v) is 4.70. The molecule has 9 nitrogen and oxygen atoms in total. The number of fused-ring (bicyclic) bond motifs is 1. The molecule has 5 aromatic rings. The first kappa shape index (κ1) is 26.1. The predicted molar refractivity (Wildman–Crippen MR) is 159 cm³/mol. The normalized spacial score (nSPS) is 11.2. The molecule has 9 heteroatoms. The maximum atomic E-state index is 4.92. The summed E-state index contributed by atoms with van der Waals surface area (Å²) in [6.07, 6.45) is 5.54. The average molecular weight is 522 g/mol. The van der Waals surface area contributed by atoms with E-state index < -0.39 is 0 Å². The van der Waals surface area contributed by atoms with Crippen molar-refractivity contribution in [1.82, 2.24) is 29.5 Å². The van der Waals surface area contributed by atoms with Gasteiger partial charge in [-0.1, -0.05) is 24.3 Å². The summed E-state index contributed by atoms with van der Waals surface area (Å²) in [7, 11) is 10.00. The molecule has 200 valence electrons. The van der Waals surface area contributed by atoms with Crippen LogP contribution in [0.3, 0.4) is 0 Å². The first-order valence-corrected chi connectivity index (χ1v) is 12.9. The Morgan fingerprint density at radius 1 is 0.769 bits per heavy atom. The Labute approximate surface area is 229 Å². The summed E-state index contributed by atoms with van der Waals surface area (Å²) in [6.45, 7) is 6.90. The van der Waals surface area contributed by atoms with Crippen LogP contribution < -0.4 is 14.7 Å². The number of aryl methyl sites for hydroxylation is 3. The fraction of sp³-hybridized carbons (Fsp3) is 0.300. The van der Waals surface area contributed by atoms with Gasteiger partial charge in [-0.25, -0.2) is 15.0 Å². The van der Waals surface area contributed by atoms with Gasteiger partial charge in [0.15, 0.2) is 5.65 Å². The third kappa shape index (κ3) is 5.12. The van der Waals surface area contributed by atoms with Gasteiger partial charge in [0.1, 0.15) is 17.5 Å². The lowest BCUT2D eigenvalue weighted by Crippen LogP contribution is -2.20. The molecule has 0 atom stereocenters. The zero-order chi connectivity index (χ0) is 27.8. The summed E-state index contributed by atoms with van der Waals surface area (Å²) in [5.41, 5.74) is 9.01. The number of nitrogens with zero attached hydrogens (tertiary/aromatic N) is 9. The van der Waals surface area contributed by atoms with Gasteiger partial charge < -0.3 is 14.7 Å². The minimum atomic E-state index is 0.719. The summed E-state index contributed by atoms with van der Waals surface area (Å²) < 4.78 is 1.95. The molecule has 4 heterocycles. The Bertz CT molecular complexity index is 1620. The highest BCUT2D eigenvalue weighted by Gasteiger charge is 2.20. The van der Waals surface area contributed by atoms with E-state index in [1.165, 1.54) is 5.56 Å². The number of aromatic nitrogens is 6. The van der Waals surface area contributed by atoms with Crippen molar-refractivity contribution in [3.8, 4) is 22.4 Å². The summed E-state index contributed by atoms with van der Waals surface area (Å²) in [4.78, 5) is 24.8. The van der Waals surface area contributed by atoms with E-state index in [0.717, 1.165) is 69.0 Å². The van der Waals surface area contributed by atoms with Crippen LogP contribution in [0, 0.1) is 20.8 Å². The molecule has 0 N–H and O–H groups in total. The van der Waals surface area contributed by atoms with Crippen LogP contribution in [0.25, 0.3) is 28.0 Å². The van der Waals surface area contributed by atoms with Crippen LogP contribution >= 0.6 is 0 Å². The van der Waals surface area contributed by atoms with Gasteiger partial charge >= 0.3 is 0 Å². The number of hydrogen-bond donors (Lipinski definition) is 0. The quantitative estimate of drug-likeness (QED) is 0.298. The van der Waals surface area contributed by atoms with Crippen molar-refractivity contribution in [2.75, 3.05) is 49.9 Å². The molecule has 0 saturated carbocycles. The Morgan fingerprint density at radius 3 is 2.08 bits per heavy atom. The van der Waals surface area contributed by atoms with Gasteiger partial charge in [0.25, 0.3) is 0 Å². The minimum Gasteiger partial charge on any atom is -0.363 e. The Kier molecular flexibility index (Phi) is 6.91. The summed E-state index contributed by atoms with van der Waals surface area (Å²) in [5, 5.41) is 4.92.